The topological polar surface area (TPSA) is 59.0 Å². The fraction of sp³-hybridized carbons (Fsp3) is 0.692. The van der Waals surface area contributed by atoms with Crippen molar-refractivity contribution in [1.82, 2.24) is 20.4 Å². The first-order valence-electron chi connectivity index (χ1n) is 6.56. The first-order chi connectivity index (χ1) is 8.63. The Bertz CT molecular complexity index is 373. The molecule has 18 heavy (non-hydrogen) atoms. The molecule has 1 rings (SSSR count). The molecule has 0 aliphatic heterocycles. The first-order valence-corrected chi connectivity index (χ1v) is 6.56. The summed E-state index contributed by atoms with van der Waals surface area (Å²) in [5.74, 6) is 0.138. The number of hydrogen-bond acceptors (Lipinski definition) is 3. The molecule has 0 saturated carbocycles. The zero-order chi connectivity index (χ0) is 13.4. The molecule has 0 aliphatic rings. The maximum absolute atomic E-state index is 11.4. The van der Waals surface area contributed by atoms with Gasteiger partial charge in [0.15, 0.2) is 0 Å². The summed E-state index contributed by atoms with van der Waals surface area (Å²) in [4.78, 5) is 11.4. The summed E-state index contributed by atoms with van der Waals surface area (Å²) in [6.45, 7) is 6.51. The third kappa shape index (κ3) is 5.31. The molecule has 5 heteroatoms. The van der Waals surface area contributed by atoms with Gasteiger partial charge in [-0.15, -0.1) is 0 Å². The Hall–Kier alpha value is -1.36. The second-order valence-corrected chi connectivity index (χ2v) is 4.56. The highest BCUT2D eigenvalue weighted by atomic mass is 16.1. The zero-order valence-corrected chi connectivity index (χ0v) is 11.6. The largest absolute Gasteiger partial charge is 0.356 e. The van der Waals surface area contributed by atoms with Crippen molar-refractivity contribution >= 4 is 5.91 Å². The molecule has 0 atom stereocenters. The summed E-state index contributed by atoms with van der Waals surface area (Å²) in [5.41, 5.74) is 2.22. The summed E-state index contributed by atoms with van der Waals surface area (Å²) < 4.78 is 1.99. The number of carbonyl (C=O) groups excluding carboxylic acids is 1. The van der Waals surface area contributed by atoms with Crippen LogP contribution in [0.15, 0.2) is 6.07 Å². The van der Waals surface area contributed by atoms with E-state index in [9.17, 15) is 4.79 Å². The van der Waals surface area contributed by atoms with Crippen LogP contribution in [0.1, 0.15) is 30.7 Å². The molecule has 0 aliphatic carbocycles. The molecular formula is C13H24N4O. The Balaban J connectivity index is 2.11. The van der Waals surface area contributed by atoms with E-state index >= 15 is 0 Å². The second-order valence-electron chi connectivity index (χ2n) is 4.56. The van der Waals surface area contributed by atoms with E-state index in [4.69, 9.17) is 0 Å². The number of aryl methyl sites for hydroxylation is 3. The molecule has 0 aromatic carbocycles. The zero-order valence-electron chi connectivity index (χ0n) is 11.6. The van der Waals surface area contributed by atoms with E-state index in [1.165, 1.54) is 5.69 Å². The molecule has 1 aromatic heterocycles. The number of amides is 1. The van der Waals surface area contributed by atoms with Crippen LogP contribution in [-0.2, 0) is 11.3 Å². The molecule has 0 bridgehead atoms. The van der Waals surface area contributed by atoms with Crippen molar-refractivity contribution in [3.8, 4) is 0 Å². The predicted molar refractivity (Wildman–Crippen MR) is 72.5 cm³/mol. The quantitative estimate of drug-likeness (QED) is 0.679. The molecule has 5 nitrogen and oxygen atoms in total. The Morgan fingerprint density at radius 1 is 1.33 bits per heavy atom. The molecule has 102 valence electrons. The minimum atomic E-state index is 0.138. The van der Waals surface area contributed by atoms with E-state index in [-0.39, 0.29) is 5.91 Å². The predicted octanol–water partition coefficient (Wildman–Crippen LogP) is 1.01. The number of nitrogens with zero attached hydrogens (tertiary/aromatic N) is 2. The summed E-state index contributed by atoms with van der Waals surface area (Å²) >= 11 is 0. The minimum absolute atomic E-state index is 0.138. The lowest BCUT2D eigenvalue weighted by Crippen LogP contribution is -2.26. The lowest BCUT2D eigenvalue weighted by molar-refractivity contribution is -0.121. The van der Waals surface area contributed by atoms with Gasteiger partial charge in [0.05, 0.1) is 5.69 Å². The normalized spacial score (nSPS) is 10.6. The van der Waals surface area contributed by atoms with Gasteiger partial charge >= 0.3 is 0 Å². The van der Waals surface area contributed by atoms with Crippen molar-refractivity contribution in [3.05, 3.63) is 17.5 Å². The van der Waals surface area contributed by atoms with Crippen LogP contribution in [0.25, 0.3) is 0 Å². The van der Waals surface area contributed by atoms with Gasteiger partial charge in [-0.1, -0.05) is 0 Å². The van der Waals surface area contributed by atoms with Crippen LogP contribution in [-0.4, -0.2) is 35.8 Å². The molecule has 0 spiro atoms. The lowest BCUT2D eigenvalue weighted by Gasteiger charge is -2.06. The Morgan fingerprint density at radius 3 is 2.72 bits per heavy atom. The van der Waals surface area contributed by atoms with Gasteiger partial charge in [-0.05, 0) is 46.3 Å². The number of rotatable bonds is 8. The highest BCUT2D eigenvalue weighted by Gasteiger charge is 2.02. The van der Waals surface area contributed by atoms with Gasteiger partial charge in [-0.3, -0.25) is 9.48 Å². The van der Waals surface area contributed by atoms with Gasteiger partial charge in [0.1, 0.15) is 0 Å². The number of nitrogens with one attached hydrogen (secondary N) is 2. The van der Waals surface area contributed by atoms with Gasteiger partial charge < -0.3 is 10.6 Å². The van der Waals surface area contributed by atoms with Gasteiger partial charge in [0.2, 0.25) is 5.91 Å². The molecule has 0 saturated heterocycles. The smallest absolute Gasteiger partial charge is 0.220 e. The molecule has 0 fully saturated rings. The van der Waals surface area contributed by atoms with Crippen molar-refractivity contribution < 1.29 is 4.79 Å². The molecular weight excluding hydrogens is 228 g/mol. The third-order valence-corrected chi connectivity index (χ3v) is 2.80. The van der Waals surface area contributed by atoms with Crippen LogP contribution in [0.2, 0.25) is 0 Å². The van der Waals surface area contributed by atoms with E-state index in [2.05, 4.69) is 28.7 Å². The van der Waals surface area contributed by atoms with Crippen molar-refractivity contribution in [2.24, 2.45) is 0 Å². The number of carbonyl (C=O) groups is 1. The average Bonchev–Trinajstić information content (AvgIpc) is 2.64. The van der Waals surface area contributed by atoms with Crippen molar-refractivity contribution in [2.45, 2.75) is 39.7 Å². The molecule has 1 aromatic rings. The summed E-state index contributed by atoms with van der Waals surface area (Å²) in [5, 5.41) is 10.3. The maximum atomic E-state index is 11.4. The molecule has 2 N–H and O–H groups in total. The van der Waals surface area contributed by atoms with Crippen LogP contribution < -0.4 is 10.6 Å². The summed E-state index contributed by atoms with van der Waals surface area (Å²) in [7, 11) is 1.90. The van der Waals surface area contributed by atoms with Gasteiger partial charge in [-0.2, -0.15) is 5.10 Å². The van der Waals surface area contributed by atoms with Crippen LogP contribution in [0.4, 0.5) is 0 Å². The van der Waals surface area contributed by atoms with Crippen LogP contribution in [0.3, 0.4) is 0 Å². The maximum Gasteiger partial charge on any atom is 0.220 e. The van der Waals surface area contributed by atoms with Gasteiger partial charge in [-0.25, -0.2) is 0 Å². The second kappa shape index (κ2) is 7.87. The first kappa shape index (κ1) is 14.7. The summed E-state index contributed by atoms with van der Waals surface area (Å²) in [6.07, 6.45) is 2.40. The Morgan fingerprint density at radius 2 is 2.11 bits per heavy atom. The van der Waals surface area contributed by atoms with E-state index in [0.29, 0.717) is 6.42 Å². The average molecular weight is 252 g/mol. The molecule has 1 heterocycles. The summed E-state index contributed by atoms with van der Waals surface area (Å²) in [6, 6.07) is 2.07. The minimum Gasteiger partial charge on any atom is -0.356 e. The van der Waals surface area contributed by atoms with Crippen LogP contribution in [0, 0.1) is 13.8 Å². The molecule has 0 radical (unpaired) electrons. The third-order valence-electron chi connectivity index (χ3n) is 2.80. The van der Waals surface area contributed by atoms with E-state index in [0.717, 1.165) is 38.2 Å². The SMILES string of the molecule is CNCCCC(=O)NCCCn1nc(C)cc1C. The van der Waals surface area contributed by atoms with Gasteiger partial charge in [0.25, 0.3) is 0 Å². The van der Waals surface area contributed by atoms with E-state index in [1.54, 1.807) is 0 Å². The molecule has 1 amide bonds. The van der Waals surface area contributed by atoms with Crippen molar-refractivity contribution in [2.75, 3.05) is 20.1 Å². The van der Waals surface area contributed by atoms with Crippen molar-refractivity contribution in [1.29, 1.82) is 0 Å². The highest BCUT2D eigenvalue weighted by Crippen LogP contribution is 2.02. The van der Waals surface area contributed by atoms with E-state index in [1.807, 2.05) is 18.7 Å². The highest BCUT2D eigenvalue weighted by molar-refractivity contribution is 5.75. The molecule has 0 unspecified atom stereocenters. The van der Waals surface area contributed by atoms with Gasteiger partial charge in [0, 0.05) is 25.2 Å². The van der Waals surface area contributed by atoms with Crippen molar-refractivity contribution in [3.63, 3.8) is 0 Å². The number of hydrogen-bond donors (Lipinski definition) is 2. The lowest BCUT2D eigenvalue weighted by atomic mass is 10.3. The van der Waals surface area contributed by atoms with Crippen LogP contribution in [0.5, 0.6) is 0 Å². The Labute approximate surface area is 109 Å². The monoisotopic (exact) mass is 252 g/mol. The van der Waals surface area contributed by atoms with E-state index < -0.39 is 0 Å². The number of aromatic nitrogens is 2. The Kier molecular flexibility index (Phi) is 6.43. The fourth-order valence-corrected chi connectivity index (χ4v) is 1.87. The standard InChI is InChI=1S/C13H24N4O/c1-11-10-12(2)17(16-11)9-5-8-15-13(18)6-4-7-14-3/h10,14H,4-9H2,1-3H3,(H,15,18). The fourth-order valence-electron chi connectivity index (χ4n) is 1.87. The van der Waals surface area contributed by atoms with Crippen LogP contribution >= 0.6 is 0 Å².